The molecular formula is C22H20N4O2. The molecule has 0 bridgehead atoms. The maximum atomic E-state index is 12.1. The molecule has 28 heavy (non-hydrogen) atoms. The fourth-order valence-electron chi connectivity index (χ4n) is 2.90. The van der Waals surface area contributed by atoms with Crippen molar-refractivity contribution in [3.05, 3.63) is 89.2 Å². The topological polar surface area (TPSA) is 61.9 Å². The molecular weight excluding hydrogens is 352 g/mol. The number of rotatable bonds is 5. The summed E-state index contributed by atoms with van der Waals surface area (Å²) in [5.74, 6) is 1.15. The van der Waals surface area contributed by atoms with Crippen LogP contribution in [0.5, 0.6) is 11.6 Å². The first-order valence-corrected chi connectivity index (χ1v) is 9.10. The standard InChI is InChI=1S/C22H20N4O2/c1-16(2)25-22(27)14-13-19(23-25)20-15-21(28-18-11-7-4-8-12-18)24-26(20)17-9-5-3-6-10-17/h3-16H,1-2H3. The Bertz CT molecular complexity index is 1130. The molecule has 0 saturated carbocycles. The van der Waals surface area contributed by atoms with E-state index in [2.05, 4.69) is 10.2 Å². The molecule has 0 aliphatic carbocycles. The zero-order valence-electron chi connectivity index (χ0n) is 15.7. The van der Waals surface area contributed by atoms with Crippen LogP contribution in [0.1, 0.15) is 19.9 Å². The normalized spacial score (nSPS) is 11.0. The van der Waals surface area contributed by atoms with Crippen LogP contribution in [0.15, 0.2) is 83.7 Å². The van der Waals surface area contributed by atoms with Gasteiger partial charge >= 0.3 is 0 Å². The molecule has 2 aromatic carbocycles. The first-order valence-electron chi connectivity index (χ1n) is 9.10. The lowest BCUT2D eigenvalue weighted by Gasteiger charge is -2.11. The molecule has 2 aromatic heterocycles. The minimum absolute atomic E-state index is 0.0411. The van der Waals surface area contributed by atoms with Gasteiger partial charge in [-0.1, -0.05) is 36.4 Å². The monoisotopic (exact) mass is 372 g/mol. The van der Waals surface area contributed by atoms with E-state index in [1.54, 1.807) is 10.7 Å². The molecule has 0 aliphatic rings. The van der Waals surface area contributed by atoms with E-state index in [0.717, 1.165) is 11.4 Å². The fourth-order valence-corrected chi connectivity index (χ4v) is 2.90. The highest BCUT2D eigenvalue weighted by molar-refractivity contribution is 5.59. The van der Waals surface area contributed by atoms with Crippen molar-refractivity contribution >= 4 is 0 Å². The Labute approximate surface area is 162 Å². The van der Waals surface area contributed by atoms with Gasteiger partial charge in [0.05, 0.1) is 17.4 Å². The van der Waals surface area contributed by atoms with Gasteiger partial charge in [0.25, 0.3) is 5.56 Å². The van der Waals surface area contributed by atoms with Crippen LogP contribution in [0, 0.1) is 0 Å². The SMILES string of the molecule is CC(C)n1nc(-c2cc(Oc3ccccc3)nn2-c2ccccc2)ccc1=O. The van der Waals surface area contributed by atoms with Crippen molar-refractivity contribution in [2.75, 3.05) is 0 Å². The second-order valence-corrected chi connectivity index (χ2v) is 6.63. The van der Waals surface area contributed by atoms with E-state index in [-0.39, 0.29) is 11.6 Å². The number of para-hydroxylation sites is 2. The van der Waals surface area contributed by atoms with Gasteiger partial charge in [0.2, 0.25) is 5.88 Å². The van der Waals surface area contributed by atoms with Crippen LogP contribution in [0.3, 0.4) is 0 Å². The van der Waals surface area contributed by atoms with Crippen LogP contribution >= 0.6 is 0 Å². The first-order chi connectivity index (χ1) is 13.6. The Morgan fingerprint density at radius 2 is 1.54 bits per heavy atom. The largest absolute Gasteiger partial charge is 0.438 e. The van der Waals surface area contributed by atoms with Gasteiger partial charge in [-0.15, -0.1) is 5.10 Å². The van der Waals surface area contributed by atoms with Crippen LogP contribution in [0.4, 0.5) is 0 Å². The van der Waals surface area contributed by atoms with Crippen molar-refractivity contribution in [1.82, 2.24) is 19.6 Å². The average Bonchev–Trinajstić information content (AvgIpc) is 3.13. The third-order valence-corrected chi connectivity index (χ3v) is 4.23. The average molecular weight is 372 g/mol. The van der Waals surface area contributed by atoms with Gasteiger partial charge in [0.1, 0.15) is 11.4 Å². The van der Waals surface area contributed by atoms with Crippen LogP contribution in [-0.2, 0) is 0 Å². The zero-order valence-corrected chi connectivity index (χ0v) is 15.7. The van der Waals surface area contributed by atoms with E-state index in [4.69, 9.17) is 4.74 Å². The van der Waals surface area contributed by atoms with E-state index < -0.39 is 0 Å². The van der Waals surface area contributed by atoms with Crippen LogP contribution in [0.25, 0.3) is 17.1 Å². The second-order valence-electron chi connectivity index (χ2n) is 6.63. The molecule has 0 amide bonds. The number of ether oxygens (including phenoxy) is 1. The summed E-state index contributed by atoms with van der Waals surface area (Å²) >= 11 is 0. The number of aromatic nitrogens is 4. The minimum Gasteiger partial charge on any atom is -0.438 e. The third kappa shape index (κ3) is 3.57. The summed E-state index contributed by atoms with van der Waals surface area (Å²) in [6.45, 7) is 3.85. The summed E-state index contributed by atoms with van der Waals surface area (Å²) in [6.07, 6.45) is 0. The molecule has 0 spiro atoms. The highest BCUT2D eigenvalue weighted by atomic mass is 16.5. The molecule has 2 heterocycles. The van der Waals surface area contributed by atoms with Crippen LogP contribution in [0.2, 0.25) is 0 Å². The van der Waals surface area contributed by atoms with Crippen molar-refractivity contribution in [2.45, 2.75) is 19.9 Å². The van der Waals surface area contributed by atoms with Gasteiger partial charge in [-0.2, -0.15) is 5.10 Å². The highest BCUT2D eigenvalue weighted by Gasteiger charge is 2.16. The molecule has 6 heteroatoms. The van der Waals surface area contributed by atoms with Crippen molar-refractivity contribution < 1.29 is 4.74 Å². The molecule has 0 aliphatic heterocycles. The fraction of sp³-hybridized carbons (Fsp3) is 0.136. The Morgan fingerprint density at radius 1 is 0.857 bits per heavy atom. The summed E-state index contributed by atoms with van der Waals surface area (Å²) in [5, 5.41) is 9.15. The molecule has 4 rings (SSSR count). The molecule has 4 aromatic rings. The van der Waals surface area contributed by atoms with Crippen molar-refractivity contribution in [3.63, 3.8) is 0 Å². The Hall–Kier alpha value is -3.67. The number of hydrogen-bond donors (Lipinski definition) is 0. The smallest absolute Gasteiger partial charge is 0.267 e. The molecule has 0 unspecified atom stereocenters. The molecule has 0 N–H and O–H groups in total. The van der Waals surface area contributed by atoms with Gasteiger partial charge < -0.3 is 4.74 Å². The summed E-state index contributed by atoms with van der Waals surface area (Å²) < 4.78 is 9.16. The number of nitrogens with zero attached hydrogens (tertiary/aromatic N) is 4. The summed E-state index contributed by atoms with van der Waals surface area (Å²) in [6, 6.07) is 24.3. The van der Waals surface area contributed by atoms with E-state index in [0.29, 0.717) is 17.3 Å². The molecule has 0 radical (unpaired) electrons. The minimum atomic E-state index is -0.134. The van der Waals surface area contributed by atoms with Crippen LogP contribution in [-0.4, -0.2) is 19.6 Å². The zero-order chi connectivity index (χ0) is 19.5. The molecule has 140 valence electrons. The lowest BCUT2D eigenvalue weighted by Crippen LogP contribution is -2.24. The Morgan fingerprint density at radius 3 is 2.21 bits per heavy atom. The van der Waals surface area contributed by atoms with E-state index in [1.807, 2.05) is 80.6 Å². The Balaban J connectivity index is 1.83. The van der Waals surface area contributed by atoms with E-state index in [1.165, 1.54) is 10.7 Å². The van der Waals surface area contributed by atoms with Gasteiger partial charge in [0.15, 0.2) is 0 Å². The maximum absolute atomic E-state index is 12.1. The van der Waals surface area contributed by atoms with Gasteiger partial charge in [-0.3, -0.25) is 4.79 Å². The van der Waals surface area contributed by atoms with Crippen molar-refractivity contribution in [2.24, 2.45) is 0 Å². The molecule has 6 nitrogen and oxygen atoms in total. The van der Waals surface area contributed by atoms with E-state index >= 15 is 0 Å². The van der Waals surface area contributed by atoms with Crippen molar-refractivity contribution in [1.29, 1.82) is 0 Å². The number of hydrogen-bond acceptors (Lipinski definition) is 4. The Kier molecular flexibility index (Phi) is 4.76. The summed E-state index contributed by atoms with van der Waals surface area (Å²) in [4.78, 5) is 12.1. The maximum Gasteiger partial charge on any atom is 0.267 e. The number of benzene rings is 2. The first kappa shape index (κ1) is 17.7. The predicted molar refractivity (Wildman–Crippen MR) is 108 cm³/mol. The van der Waals surface area contributed by atoms with Crippen LogP contribution < -0.4 is 10.3 Å². The van der Waals surface area contributed by atoms with E-state index in [9.17, 15) is 4.79 Å². The lowest BCUT2D eigenvalue weighted by atomic mass is 10.2. The highest BCUT2D eigenvalue weighted by Crippen LogP contribution is 2.28. The van der Waals surface area contributed by atoms with Crippen molar-refractivity contribution in [3.8, 4) is 28.7 Å². The summed E-state index contributed by atoms with van der Waals surface area (Å²) in [5.41, 5.74) is 2.13. The van der Waals surface area contributed by atoms with Gasteiger partial charge in [0, 0.05) is 12.1 Å². The molecule has 0 saturated heterocycles. The molecule has 0 fully saturated rings. The molecule has 0 atom stereocenters. The summed E-state index contributed by atoms with van der Waals surface area (Å²) in [7, 11) is 0. The lowest BCUT2D eigenvalue weighted by molar-refractivity contribution is 0.457. The third-order valence-electron chi connectivity index (χ3n) is 4.23. The second kappa shape index (κ2) is 7.52. The predicted octanol–water partition coefficient (Wildman–Crippen LogP) is 4.47. The van der Waals surface area contributed by atoms with Gasteiger partial charge in [-0.25, -0.2) is 9.36 Å². The van der Waals surface area contributed by atoms with Gasteiger partial charge in [-0.05, 0) is 44.2 Å². The quantitative estimate of drug-likeness (QED) is 0.519.